The lowest BCUT2D eigenvalue weighted by atomic mass is 10.2. The zero-order chi connectivity index (χ0) is 12.1. The zero-order valence-corrected chi connectivity index (χ0v) is 10.9. The molecule has 0 amide bonds. The molecule has 4 heteroatoms. The first kappa shape index (κ1) is 12.7. The Morgan fingerprint density at radius 1 is 1.38 bits per heavy atom. The molecule has 0 aliphatic heterocycles. The number of hydrogen-bond donors (Lipinski definition) is 1. The normalized spacial score (nSPS) is 12.3. The van der Waals surface area contributed by atoms with Crippen LogP contribution in [0.5, 0.6) is 0 Å². The van der Waals surface area contributed by atoms with Crippen molar-refractivity contribution in [1.29, 1.82) is 0 Å². The Hall–Kier alpha value is -1.32. The van der Waals surface area contributed by atoms with Crippen molar-refractivity contribution in [3.05, 3.63) is 11.9 Å². The minimum Gasteiger partial charge on any atom is -0.373 e. The van der Waals surface area contributed by atoms with Crippen LogP contribution in [0.4, 0.5) is 11.6 Å². The highest BCUT2D eigenvalue weighted by Crippen LogP contribution is 2.17. The van der Waals surface area contributed by atoms with Crippen LogP contribution in [0, 0.1) is 0 Å². The van der Waals surface area contributed by atoms with E-state index in [0.29, 0.717) is 6.04 Å². The van der Waals surface area contributed by atoms with Gasteiger partial charge in [-0.3, -0.25) is 0 Å². The van der Waals surface area contributed by atoms with Crippen LogP contribution in [0.2, 0.25) is 0 Å². The van der Waals surface area contributed by atoms with Crippen LogP contribution in [0.3, 0.4) is 0 Å². The molecule has 0 fully saturated rings. The molecule has 1 rings (SSSR count). The number of rotatable bonds is 5. The lowest BCUT2D eigenvalue weighted by Gasteiger charge is -2.25. The summed E-state index contributed by atoms with van der Waals surface area (Å²) in [6.07, 6.45) is 1.97. The molecule has 0 saturated carbocycles. The Labute approximate surface area is 98.1 Å². The van der Waals surface area contributed by atoms with E-state index in [0.717, 1.165) is 30.3 Å². The molecule has 0 saturated heterocycles. The molecule has 0 radical (unpaired) electrons. The molecule has 90 valence electrons. The van der Waals surface area contributed by atoms with Gasteiger partial charge in [0.1, 0.15) is 17.5 Å². The topological polar surface area (TPSA) is 41.1 Å². The maximum atomic E-state index is 4.54. The van der Waals surface area contributed by atoms with E-state index in [4.69, 9.17) is 0 Å². The van der Waals surface area contributed by atoms with Crippen LogP contribution in [0.25, 0.3) is 0 Å². The minimum absolute atomic E-state index is 0.490. The largest absolute Gasteiger partial charge is 0.373 e. The van der Waals surface area contributed by atoms with Crippen molar-refractivity contribution in [2.75, 3.05) is 24.3 Å². The highest BCUT2D eigenvalue weighted by molar-refractivity contribution is 5.49. The number of anilines is 2. The van der Waals surface area contributed by atoms with Gasteiger partial charge in [-0.2, -0.15) is 0 Å². The first-order valence-electron chi connectivity index (χ1n) is 5.90. The SMILES string of the molecule is CCc1nc(NC)cc(N(C)C(C)CC)n1. The Morgan fingerprint density at radius 3 is 2.56 bits per heavy atom. The average molecular weight is 222 g/mol. The first-order chi connectivity index (χ1) is 7.62. The van der Waals surface area contributed by atoms with Gasteiger partial charge >= 0.3 is 0 Å². The molecule has 1 N–H and O–H groups in total. The lowest BCUT2D eigenvalue weighted by Crippen LogP contribution is -2.29. The molecule has 1 atom stereocenters. The van der Waals surface area contributed by atoms with Crippen LogP contribution in [-0.2, 0) is 6.42 Å². The molecule has 0 bridgehead atoms. The summed E-state index contributed by atoms with van der Waals surface area (Å²) in [4.78, 5) is 11.1. The first-order valence-corrected chi connectivity index (χ1v) is 5.90. The van der Waals surface area contributed by atoms with Crippen LogP contribution < -0.4 is 10.2 Å². The molecular formula is C12H22N4. The molecule has 16 heavy (non-hydrogen) atoms. The molecule has 4 nitrogen and oxygen atoms in total. The van der Waals surface area contributed by atoms with Gasteiger partial charge in [-0.25, -0.2) is 9.97 Å². The number of hydrogen-bond acceptors (Lipinski definition) is 4. The monoisotopic (exact) mass is 222 g/mol. The number of aromatic nitrogens is 2. The van der Waals surface area contributed by atoms with Gasteiger partial charge in [-0.1, -0.05) is 13.8 Å². The fourth-order valence-electron chi connectivity index (χ4n) is 1.45. The summed E-state index contributed by atoms with van der Waals surface area (Å²) in [7, 11) is 3.96. The van der Waals surface area contributed by atoms with Crippen molar-refractivity contribution in [3.8, 4) is 0 Å². The van der Waals surface area contributed by atoms with Gasteiger partial charge in [-0.05, 0) is 13.3 Å². The third-order valence-corrected chi connectivity index (χ3v) is 2.94. The Morgan fingerprint density at radius 2 is 2.06 bits per heavy atom. The summed E-state index contributed by atoms with van der Waals surface area (Å²) in [5.41, 5.74) is 0. The second kappa shape index (κ2) is 5.68. The second-order valence-electron chi connectivity index (χ2n) is 4.00. The van der Waals surface area contributed by atoms with E-state index in [9.17, 15) is 0 Å². The van der Waals surface area contributed by atoms with Gasteiger partial charge < -0.3 is 10.2 Å². The smallest absolute Gasteiger partial charge is 0.134 e. The Balaban J connectivity index is 3.02. The van der Waals surface area contributed by atoms with E-state index in [1.54, 1.807) is 0 Å². The van der Waals surface area contributed by atoms with Crippen molar-refractivity contribution in [3.63, 3.8) is 0 Å². The van der Waals surface area contributed by atoms with Crippen LogP contribution in [-0.4, -0.2) is 30.1 Å². The summed E-state index contributed by atoms with van der Waals surface area (Å²) in [5, 5.41) is 3.08. The fraction of sp³-hybridized carbons (Fsp3) is 0.667. The van der Waals surface area contributed by atoms with Gasteiger partial charge in [0.2, 0.25) is 0 Å². The molecule has 0 aromatic carbocycles. The summed E-state index contributed by atoms with van der Waals surface area (Å²) >= 11 is 0. The van der Waals surface area contributed by atoms with Crippen molar-refractivity contribution in [2.24, 2.45) is 0 Å². The highest BCUT2D eigenvalue weighted by Gasteiger charge is 2.11. The Kier molecular flexibility index (Phi) is 4.52. The van der Waals surface area contributed by atoms with Crippen molar-refractivity contribution >= 4 is 11.6 Å². The van der Waals surface area contributed by atoms with Gasteiger partial charge in [0.25, 0.3) is 0 Å². The third-order valence-electron chi connectivity index (χ3n) is 2.94. The Bertz CT molecular complexity index is 316. The summed E-state index contributed by atoms with van der Waals surface area (Å²) in [5.74, 6) is 2.76. The van der Waals surface area contributed by atoms with E-state index in [-0.39, 0.29) is 0 Å². The fourth-order valence-corrected chi connectivity index (χ4v) is 1.45. The standard InChI is InChI=1S/C12H22N4/c1-6-9(3)16(5)12-8-11(13-4)14-10(7-2)15-12/h8-9H,6-7H2,1-5H3,(H,13,14,15). The third kappa shape index (κ3) is 2.84. The van der Waals surface area contributed by atoms with E-state index < -0.39 is 0 Å². The van der Waals surface area contributed by atoms with Crippen LogP contribution in [0.1, 0.15) is 33.0 Å². The van der Waals surface area contributed by atoms with E-state index in [1.807, 2.05) is 13.1 Å². The number of nitrogens with zero attached hydrogens (tertiary/aromatic N) is 3. The van der Waals surface area contributed by atoms with Gasteiger partial charge in [0.15, 0.2) is 0 Å². The lowest BCUT2D eigenvalue weighted by molar-refractivity contribution is 0.654. The minimum atomic E-state index is 0.490. The van der Waals surface area contributed by atoms with Crippen molar-refractivity contribution < 1.29 is 0 Å². The second-order valence-corrected chi connectivity index (χ2v) is 4.00. The van der Waals surface area contributed by atoms with E-state index in [2.05, 4.69) is 48.0 Å². The van der Waals surface area contributed by atoms with Crippen molar-refractivity contribution in [2.45, 2.75) is 39.7 Å². The highest BCUT2D eigenvalue weighted by atomic mass is 15.2. The molecule has 1 aromatic rings. The summed E-state index contributed by atoms with van der Waals surface area (Å²) < 4.78 is 0. The molecule has 0 spiro atoms. The molecular weight excluding hydrogens is 200 g/mol. The van der Waals surface area contributed by atoms with Crippen molar-refractivity contribution in [1.82, 2.24) is 9.97 Å². The number of aryl methyl sites for hydroxylation is 1. The van der Waals surface area contributed by atoms with Gasteiger partial charge in [-0.15, -0.1) is 0 Å². The van der Waals surface area contributed by atoms with E-state index >= 15 is 0 Å². The molecule has 0 aliphatic carbocycles. The summed E-state index contributed by atoms with van der Waals surface area (Å²) in [6, 6.07) is 2.48. The molecule has 1 unspecified atom stereocenters. The quantitative estimate of drug-likeness (QED) is 0.830. The van der Waals surface area contributed by atoms with Crippen LogP contribution >= 0.6 is 0 Å². The average Bonchev–Trinajstić information content (AvgIpc) is 2.35. The molecule has 1 aromatic heterocycles. The molecule has 0 aliphatic rings. The van der Waals surface area contributed by atoms with Crippen LogP contribution in [0.15, 0.2) is 6.07 Å². The summed E-state index contributed by atoms with van der Waals surface area (Å²) in [6.45, 7) is 6.46. The maximum Gasteiger partial charge on any atom is 0.134 e. The predicted octanol–water partition coefficient (Wildman–Crippen LogP) is 2.32. The van der Waals surface area contributed by atoms with Gasteiger partial charge in [0, 0.05) is 32.6 Å². The zero-order valence-electron chi connectivity index (χ0n) is 10.9. The van der Waals surface area contributed by atoms with Gasteiger partial charge in [0.05, 0.1) is 0 Å². The van der Waals surface area contributed by atoms with E-state index in [1.165, 1.54) is 0 Å². The predicted molar refractivity (Wildman–Crippen MR) is 69.1 cm³/mol. The maximum absolute atomic E-state index is 4.54. The molecule has 1 heterocycles. The number of nitrogens with one attached hydrogen (secondary N) is 1.